The molecule has 0 aliphatic rings. The molecule has 0 spiro atoms. The lowest BCUT2D eigenvalue weighted by Crippen LogP contribution is -2.03. The lowest BCUT2D eigenvalue weighted by atomic mass is 10.0. The monoisotopic (exact) mass is 362 g/mol. The van der Waals surface area contributed by atoms with Crippen LogP contribution in [0.1, 0.15) is 39.5 Å². The van der Waals surface area contributed by atoms with E-state index in [0.717, 1.165) is 25.7 Å². The molecule has 2 aromatic rings. The molecular formula is C18H22N2O6. The van der Waals surface area contributed by atoms with E-state index >= 15 is 0 Å². The van der Waals surface area contributed by atoms with Crippen LogP contribution in [0.15, 0.2) is 24.3 Å². The molecule has 0 saturated carbocycles. The number of fused-ring (bicyclic) bond motifs is 1. The van der Waals surface area contributed by atoms with E-state index in [9.17, 15) is 20.2 Å². The summed E-state index contributed by atoms with van der Waals surface area (Å²) in [6, 6.07) is 5.44. The maximum Gasteiger partial charge on any atom is 0.281 e. The van der Waals surface area contributed by atoms with Gasteiger partial charge in [-0.25, -0.2) is 0 Å². The maximum absolute atomic E-state index is 11.5. The summed E-state index contributed by atoms with van der Waals surface area (Å²) in [5.41, 5.74) is -0.476. The zero-order valence-corrected chi connectivity index (χ0v) is 14.9. The number of ether oxygens (including phenoxy) is 2. The largest absolute Gasteiger partial charge is 0.493 e. The van der Waals surface area contributed by atoms with Crippen molar-refractivity contribution in [2.75, 3.05) is 13.2 Å². The Kier molecular flexibility index (Phi) is 6.71. The molecule has 26 heavy (non-hydrogen) atoms. The minimum atomic E-state index is -0.561. The highest BCUT2D eigenvalue weighted by Crippen LogP contribution is 2.44. The second-order valence-electron chi connectivity index (χ2n) is 5.83. The van der Waals surface area contributed by atoms with Crippen LogP contribution in [-0.2, 0) is 0 Å². The predicted octanol–water partition coefficient (Wildman–Crippen LogP) is 5.01. The molecule has 8 heteroatoms. The van der Waals surface area contributed by atoms with Gasteiger partial charge in [-0.1, -0.05) is 26.7 Å². The minimum absolute atomic E-state index is 0.106. The molecule has 0 aliphatic heterocycles. The first-order valence-corrected chi connectivity index (χ1v) is 8.65. The average molecular weight is 362 g/mol. The molecule has 8 nitrogen and oxygen atoms in total. The topological polar surface area (TPSA) is 105 Å². The van der Waals surface area contributed by atoms with E-state index in [1.807, 2.05) is 13.8 Å². The number of non-ortho nitro benzene ring substituents is 2. The van der Waals surface area contributed by atoms with E-state index in [2.05, 4.69) is 0 Å². The Hall–Kier alpha value is -2.90. The van der Waals surface area contributed by atoms with Crippen LogP contribution >= 0.6 is 0 Å². The minimum Gasteiger partial charge on any atom is -0.493 e. The summed E-state index contributed by atoms with van der Waals surface area (Å²) in [7, 11) is 0. The molecule has 0 unspecified atom stereocenters. The van der Waals surface area contributed by atoms with Crippen LogP contribution in [0.5, 0.6) is 11.5 Å². The third-order valence-electron chi connectivity index (χ3n) is 3.94. The van der Waals surface area contributed by atoms with Crippen LogP contribution in [0.25, 0.3) is 10.8 Å². The molecule has 0 aromatic heterocycles. The fraction of sp³-hybridized carbons (Fsp3) is 0.444. The van der Waals surface area contributed by atoms with Crippen LogP contribution in [-0.4, -0.2) is 23.1 Å². The highest BCUT2D eigenvalue weighted by Gasteiger charge is 2.26. The van der Waals surface area contributed by atoms with Gasteiger partial charge in [0.05, 0.1) is 23.1 Å². The second kappa shape index (κ2) is 8.98. The van der Waals surface area contributed by atoms with Gasteiger partial charge in [-0.3, -0.25) is 20.2 Å². The van der Waals surface area contributed by atoms with Crippen molar-refractivity contribution < 1.29 is 19.3 Å². The van der Waals surface area contributed by atoms with Crippen molar-refractivity contribution in [1.29, 1.82) is 0 Å². The summed E-state index contributed by atoms with van der Waals surface area (Å²) in [6.45, 7) is 4.75. The molecule has 2 rings (SSSR count). The fourth-order valence-corrected chi connectivity index (χ4v) is 2.60. The normalized spacial score (nSPS) is 10.7. The lowest BCUT2D eigenvalue weighted by molar-refractivity contribution is -0.384. The molecule has 0 N–H and O–H groups in total. The van der Waals surface area contributed by atoms with Gasteiger partial charge in [-0.2, -0.15) is 0 Å². The zero-order valence-electron chi connectivity index (χ0n) is 14.9. The van der Waals surface area contributed by atoms with Gasteiger partial charge in [0.1, 0.15) is 22.3 Å². The number of nitrogens with zero attached hydrogens (tertiary/aromatic N) is 2. The van der Waals surface area contributed by atoms with E-state index in [1.165, 1.54) is 24.3 Å². The number of hydrogen-bond donors (Lipinski definition) is 0. The van der Waals surface area contributed by atoms with Crippen molar-refractivity contribution in [2.45, 2.75) is 39.5 Å². The van der Waals surface area contributed by atoms with Crippen molar-refractivity contribution in [3.8, 4) is 11.5 Å². The van der Waals surface area contributed by atoms with Crippen LogP contribution in [0.3, 0.4) is 0 Å². The number of nitro groups is 2. The van der Waals surface area contributed by atoms with Crippen LogP contribution in [0.4, 0.5) is 11.4 Å². The first-order valence-electron chi connectivity index (χ1n) is 8.65. The lowest BCUT2D eigenvalue weighted by Gasteiger charge is -2.13. The van der Waals surface area contributed by atoms with Crippen LogP contribution < -0.4 is 9.47 Å². The van der Waals surface area contributed by atoms with Gasteiger partial charge in [0.25, 0.3) is 11.4 Å². The number of benzene rings is 2. The third kappa shape index (κ3) is 4.19. The number of hydrogen-bond acceptors (Lipinski definition) is 6. The maximum atomic E-state index is 11.5. The summed E-state index contributed by atoms with van der Waals surface area (Å²) < 4.78 is 11.4. The van der Waals surface area contributed by atoms with Crippen molar-refractivity contribution in [3.05, 3.63) is 44.5 Å². The van der Waals surface area contributed by atoms with Gasteiger partial charge < -0.3 is 9.47 Å². The molecule has 0 radical (unpaired) electrons. The molecule has 2 aromatic carbocycles. The average Bonchev–Trinajstić information content (AvgIpc) is 2.61. The first-order chi connectivity index (χ1) is 12.5. The molecule has 0 bridgehead atoms. The summed E-state index contributed by atoms with van der Waals surface area (Å²) in [5.74, 6) is 0.512. The molecule has 0 heterocycles. The van der Waals surface area contributed by atoms with Gasteiger partial charge >= 0.3 is 0 Å². The predicted molar refractivity (Wildman–Crippen MR) is 98.1 cm³/mol. The Bertz CT molecular complexity index is 739. The Balaban J connectivity index is 2.69. The summed E-state index contributed by atoms with van der Waals surface area (Å²) in [5, 5.41) is 23.2. The number of nitro benzene ring substituents is 2. The van der Waals surface area contributed by atoms with E-state index < -0.39 is 9.85 Å². The number of unbranched alkanes of at least 4 members (excludes halogenated alkanes) is 2. The summed E-state index contributed by atoms with van der Waals surface area (Å²) >= 11 is 0. The molecule has 0 amide bonds. The molecule has 140 valence electrons. The standard InChI is InChI=1S/C18H22N2O6/c1-3-5-11-25-15-9-7-14(20(23)24)18-16(26-12-6-4-2)10-8-13(17(15)18)19(21)22/h7-10H,3-6,11-12H2,1-2H3. The fourth-order valence-electron chi connectivity index (χ4n) is 2.60. The van der Waals surface area contributed by atoms with Crippen LogP contribution in [0.2, 0.25) is 0 Å². The smallest absolute Gasteiger partial charge is 0.281 e. The highest BCUT2D eigenvalue weighted by molar-refractivity contribution is 6.05. The molecular weight excluding hydrogens is 340 g/mol. The van der Waals surface area contributed by atoms with Crippen molar-refractivity contribution in [2.24, 2.45) is 0 Å². The van der Waals surface area contributed by atoms with E-state index in [-0.39, 0.29) is 33.6 Å². The second-order valence-corrected chi connectivity index (χ2v) is 5.83. The van der Waals surface area contributed by atoms with Crippen molar-refractivity contribution in [3.63, 3.8) is 0 Å². The van der Waals surface area contributed by atoms with Crippen LogP contribution in [0, 0.1) is 20.2 Å². The van der Waals surface area contributed by atoms with E-state index in [4.69, 9.17) is 9.47 Å². The zero-order chi connectivity index (χ0) is 19.1. The Morgan fingerprint density at radius 2 is 1.15 bits per heavy atom. The Morgan fingerprint density at radius 1 is 0.769 bits per heavy atom. The summed E-state index contributed by atoms with van der Waals surface area (Å²) in [4.78, 5) is 21.9. The summed E-state index contributed by atoms with van der Waals surface area (Å²) in [6.07, 6.45) is 3.36. The van der Waals surface area contributed by atoms with Gasteiger partial charge in [-0.05, 0) is 25.0 Å². The quantitative estimate of drug-likeness (QED) is 0.334. The van der Waals surface area contributed by atoms with E-state index in [0.29, 0.717) is 13.2 Å². The SMILES string of the molecule is CCCCOc1ccc([N+](=O)[O-])c2c(OCCCC)ccc([N+](=O)[O-])c12. The van der Waals surface area contributed by atoms with Gasteiger partial charge in [0, 0.05) is 12.1 Å². The highest BCUT2D eigenvalue weighted by atomic mass is 16.6. The van der Waals surface area contributed by atoms with Gasteiger partial charge in [-0.15, -0.1) is 0 Å². The molecule has 0 fully saturated rings. The Morgan fingerprint density at radius 3 is 1.46 bits per heavy atom. The molecule has 0 saturated heterocycles. The molecule has 0 aliphatic carbocycles. The molecule has 0 atom stereocenters. The van der Waals surface area contributed by atoms with Gasteiger partial charge in [0.15, 0.2) is 0 Å². The van der Waals surface area contributed by atoms with E-state index in [1.54, 1.807) is 0 Å². The van der Waals surface area contributed by atoms with Gasteiger partial charge in [0.2, 0.25) is 0 Å². The Labute approximate surface area is 151 Å². The first kappa shape index (κ1) is 19.4. The van der Waals surface area contributed by atoms with Crippen molar-refractivity contribution >= 4 is 22.1 Å². The number of rotatable bonds is 10. The van der Waals surface area contributed by atoms with Crippen molar-refractivity contribution in [1.82, 2.24) is 0 Å². The third-order valence-corrected chi connectivity index (χ3v) is 3.94.